The monoisotopic (exact) mass is 305 g/mol. The lowest BCUT2D eigenvalue weighted by Gasteiger charge is -2.24. The van der Waals surface area contributed by atoms with Crippen molar-refractivity contribution in [2.75, 3.05) is 12.3 Å². The minimum atomic E-state index is -0.0562. The molecule has 1 unspecified atom stereocenters. The summed E-state index contributed by atoms with van der Waals surface area (Å²) in [4.78, 5) is 14.5. The number of rotatable bonds is 2. The molecule has 0 spiro atoms. The zero-order chi connectivity index (χ0) is 15.0. The van der Waals surface area contributed by atoms with Gasteiger partial charge in [0.15, 0.2) is 0 Å². The quantitative estimate of drug-likeness (QED) is 0.921. The number of carbonyl (C=O) groups is 1. The highest BCUT2D eigenvalue weighted by atomic mass is 35.5. The van der Waals surface area contributed by atoms with Crippen LogP contribution in [0.4, 0.5) is 5.82 Å². The van der Waals surface area contributed by atoms with Crippen LogP contribution in [0, 0.1) is 0 Å². The van der Waals surface area contributed by atoms with Gasteiger partial charge in [0.1, 0.15) is 11.5 Å². The van der Waals surface area contributed by atoms with Gasteiger partial charge in [0.05, 0.1) is 16.8 Å². The standard InChI is InChI=1S/C14H16ClN5O/c1-19-8-9(15)7-12(19)14(21)20-6-2-3-11(20)10-4-5-13(16)18-17-10/h4-5,7-8,11H,2-3,6H2,1H3,(H2,16,18). The normalized spacial score (nSPS) is 18.2. The summed E-state index contributed by atoms with van der Waals surface area (Å²) in [6.45, 7) is 0.707. The molecule has 1 aliphatic rings. The van der Waals surface area contributed by atoms with Crippen molar-refractivity contribution in [3.8, 4) is 0 Å². The maximum atomic E-state index is 12.7. The van der Waals surface area contributed by atoms with Crippen molar-refractivity contribution in [3.63, 3.8) is 0 Å². The Balaban J connectivity index is 1.88. The predicted octanol–water partition coefficient (Wildman–Crippen LogP) is 2.03. The molecule has 2 aromatic rings. The zero-order valence-corrected chi connectivity index (χ0v) is 12.4. The second-order valence-electron chi connectivity index (χ2n) is 5.19. The Morgan fingerprint density at radius 3 is 2.86 bits per heavy atom. The first-order valence-corrected chi connectivity index (χ1v) is 7.16. The molecule has 0 saturated carbocycles. The molecule has 7 heteroatoms. The van der Waals surface area contributed by atoms with Gasteiger partial charge in [-0.25, -0.2) is 0 Å². The summed E-state index contributed by atoms with van der Waals surface area (Å²) < 4.78 is 1.74. The Morgan fingerprint density at radius 2 is 2.24 bits per heavy atom. The molecular weight excluding hydrogens is 290 g/mol. The smallest absolute Gasteiger partial charge is 0.271 e. The van der Waals surface area contributed by atoms with Crippen LogP contribution < -0.4 is 5.73 Å². The van der Waals surface area contributed by atoms with E-state index in [0.717, 1.165) is 18.5 Å². The van der Waals surface area contributed by atoms with Gasteiger partial charge in [-0.2, -0.15) is 5.10 Å². The van der Waals surface area contributed by atoms with Crippen molar-refractivity contribution in [2.45, 2.75) is 18.9 Å². The molecule has 1 fully saturated rings. The van der Waals surface area contributed by atoms with Crippen LogP contribution in [-0.2, 0) is 7.05 Å². The number of nitrogens with zero attached hydrogens (tertiary/aromatic N) is 4. The molecule has 0 aromatic carbocycles. The van der Waals surface area contributed by atoms with E-state index in [1.54, 1.807) is 22.9 Å². The molecule has 1 amide bonds. The van der Waals surface area contributed by atoms with Gasteiger partial charge in [0.2, 0.25) is 0 Å². The van der Waals surface area contributed by atoms with Gasteiger partial charge >= 0.3 is 0 Å². The number of likely N-dealkylation sites (tertiary alicyclic amines) is 1. The summed E-state index contributed by atoms with van der Waals surface area (Å²) in [5.74, 6) is 0.342. The van der Waals surface area contributed by atoms with Gasteiger partial charge in [-0.1, -0.05) is 11.6 Å². The average Bonchev–Trinajstić information content (AvgIpc) is 3.05. The van der Waals surface area contributed by atoms with E-state index in [1.807, 2.05) is 18.0 Å². The molecule has 0 bridgehead atoms. The number of nitrogens with two attached hydrogens (primary N) is 1. The van der Waals surface area contributed by atoms with Gasteiger partial charge in [0, 0.05) is 19.8 Å². The van der Waals surface area contributed by atoms with Gasteiger partial charge in [-0.15, -0.1) is 5.10 Å². The Kier molecular flexibility index (Phi) is 3.55. The van der Waals surface area contributed by atoms with E-state index >= 15 is 0 Å². The third-order valence-corrected chi connectivity index (χ3v) is 3.96. The lowest BCUT2D eigenvalue weighted by atomic mass is 10.1. The molecule has 3 heterocycles. The zero-order valence-electron chi connectivity index (χ0n) is 11.7. The van der Waals surface area contributed by atoms with Crippen LogP contribution in [0.15, 0.2) is 24.4 Å². The van der Waals surface area contributed by atoms with E-state index in [1.165, 1.54) is 0 Å². The highest BCUT2D eigenvalue weighted by molar-refractivity contribution is 6.31. The summed E-state index contributed by atoms with van der Waals surface area (Å²) in [6, 6.07) is 5.17. The number of amides is 1. The number of aryl methyl sites for hydroxylation is 1. The van der Waals surface area contributed by atoms with Crippen molar-refractivity contribution in [1.29, 1.82) is 0 Å². The van der Waals surface area contributed by atoms with Crippen LogP contribution in [-0.4, -0.2) is 32.1 Å². The summed E-state index contributed by atoms with van der Waals surface area (Å²) >= 11 is 5.96. The maximum absolute atomic E-state index is 12.7. The number of nitrogen functional groups attached to an aromatic ring is 1. The van der Waals surface area contributed by atoms with Crippen molar-refractivity contribution in [3.05, 3.63) is 40.8 Å². The van der Waals surface area contributed by atoms with E-state index in [2.05, 4.69) is 10.2 Å². The Bertz CT molecular complexity index is 667. The van der Waals surface area contributed by atoms with Crippen LogP contribution in [0.25, 0.3) is 0 Å². The minimum absolute atomic E-state index is 0.0366. The van der Waals surface area contributed by atoms with Crippen molar-refractivity contribution >= 4 is 23.3 Å². The van der Waals surface area contributed by atoms with Crippen LogP contribution in [0.5, 0.6) is 0 Å². The first kappa shape index (κ1) is 13.9. The maximum Gasteiger partial charge on any atom is 0.271 e. The molecule has 1 aliphatic heterocycles. The number of aromatic nitrogens is 3. The van der Waals surface area contributed by atoms with Gasteiger partial charge in [0.25, 0.3) is 5.91 Å². The summed E-state index contributed by atoms with van der Waals surface area (Å²) in [5, 5.41) is 8.55. The minimum Gasteiger partial charge on any atom is -0.382 e. The Morgan fingerprint density at radius 1 is 1.43 bits per heavy atom. The third-order valence-electron chi connectivity index (χ3n) is 3.75. The van der Waals surface area contributed by atoms with Crippen molar-refractivity contribution in [1.82, 2.24) is 19.7 Å². The largest absolute Gasteiger partial charge is 0.382 e. The molecule has 2 aromatic heterocycles. The fraction of sp³-hybridized carbons (Fsp3) is 0.357. The van der Waals surface area contributed by atoms with Crippen molar-refractivity contribution < 1.29 is 4.79 Å². The number of hydrogen-bond acceptors (Lipinski definition) is 4. The van der Waals surface area contributed by atoms with E-state index in [9.17, 15) is 4.79 Å². The number of halogens is 1. The molecule has 110 valence electrons. The second kappa shape index (κ2) is 5.37. The first-order chi connectivity index (χ1) is 10.1. The van der Waals surface area contributed by atoms with E-state index in [-0.39, 0.29) is 11.9 Å². The molecule has 1 atom stereocenters. The highest BCUT2D eigenvalue weighted by Gasteiger charge is 2.32. The molecular formula is C14H16ClN5O. The van der Waals surface area contributed by atoms with Gasteiger partial charge in [-0.3, -0.25) is 4.79 Å². The van der Waals surface area contributed by atoms with Gasteiger partial charge in [-0.05, 0) is 31.0 Å². The van der Waals surface area contributed by atoms with Crippen LogP contribution >= 0.6 is 11.6 Å². The molecule has 3 rings (SSSR count). The summed E-state index contributed by atoms with van der Waals surface area (Å²) in [7, 11) is 1.81. The molecule has 2 N–H and O–H groups in total. The van der Waals surface area contributed by atoms with Crippen LogP contribution in [0.2, 0.25) is 5.02 Å². The van der Waals surface area contributed by atoms with Crippen LogP contribution in [0.1, 0.15) is 35.1 Å². The lowest BCUT2D eigenvalue weighted by Crippen LogP contribution is -2.32. The molecule has 6 nitrogen and oxygen atoms in total. The Hall–Kier alpha value is -2.08. The third kappa shape index (κ3) is 2.58. The van der Waals surface area contributed by atoms with Crippen LogP contribution in [0.3, 0.4) is 0 Å². The lowest BCUT2D eigenvalue weighted by molar-refractivity contribution is 0.0722. The number of carbonyl (C=O) groups excluding carboxylic acids is 1. The summed E-state index contributed by atoms with van der Waals surface area (Å²) in [6.07, 6.45) is 3.55. The SMILES string of the molecule is Cn1cc(Cl)cc1C(=O)N1CCCC1c1ccc(N)nn1. The van der Waals surface area contributed by atoms with E-state index in [4.69, 9.17) is 17.3 Å². The second-order valence-corrected chi connectivity index (χ2v) is 5.63. The summed E-state index contributed by atoms with van der Waals surface area (Å²) in [5.41, 5.74) is 6.91. The van der Waals surface area contributed by atoms with Crippen molar-refractivity contribution in [2.24, 2.45) is 7.05 Å². The predicted molar refractivity (Wildman–Crippen MR) is 79.9 cm³/mol. The molecule has 0 aliphatic carbocycles. The number of hydrogen-bond donors (Lipinski definition) is 1. The van der Waals surface area contributed by atoms with E-state index in [0.29, 0.717) is 23.1 Å². The Labute approximate surface area is 127 Å². The molecule has 1 saturated heterocycles. The molecule has 21 heavy (non-hydrogen) atoms. The highest BCUT2D eigenvalue weighted by Crippen LogP contribution is 2.32. The number of anilines is 1. The van der Waals surface area contributed by atoms with E-state index < -0.39 is 0 Å². The molecule has 0 radical (unpaired) electrons. The average molecular weight is 306 g/mol. The first-order valence-electron chi connectivity index (χ1n) is 6.78. The fourth-order valence-electron chi connectivity index (χ4n) is 2.73. The van der Waals surface area contributed by atoms with Gasteiger partial charge < -0.3 is 15.2 Å². The fourth-order valence-corrected chi connectivity index (χ4v) is 2.98. The topological polar surface area (TPSA) is 77.0 Å².